The lowest BCUT2D eigenvalue weighted by Crippen LogP contribution is -2.47. The first-order valence-corrected chi connectivity index (χ1v) is 14.5. The number of carbonyl (C=O) groups is 4. The van der Waals surface area contributed by atoms with Gasteiger partial charge in [0.05, 0.1) is 31.7 Å². The van der Waals surface area contributed by atoms with Crippen molar-refractivity contribution in [2.45, 2.75) is 38.1 Å². The lowest BCUT2D eigenvalue weighted by atomic mass is 9.55. The maximum absolute atomic E-state index is 14.2. The van der Waals surface area contributed by atoms with Crippen molar-refractivity contribution in [2.75, 3.05) is 26.1 Å². The number of anilines is 1. The Morgan fingerprint density at radius 1 is 0.814 bits per heavy atom. The molecule has 1 aliphatic heterocycles. The number of nitrogens with zero attached hydrogens (tertiary/aromatic N) is 1. The van der Waals surface area contributed by atoms with Gasteiger partial charge >= 0.3 is 5.97 Å². The first kappa shape index (κ1) is 28.5. The summed E-state index contributed by atoms with van der Waals surface area (Å²) in [6, 6.07) is 19.8. The van der Waals surface area contributed by atoms with E-state index < -0.39 is 36.4 Å². The van der Waals surface area contributed by atoms with Crippen molar-refractivity contribution in [3.05, 3.63) is 89.0 Å². The fraction of sp³-hybridized carbons (Fsp3) is 0.353. The van der Waals surface area contributed by atoms with E-state index in [-0.39, 0.29) is 36.0 Å². The highest BCUT2D eigenvalue weighted by molar-refractivity contribution is 6.10. The third-order valence-electron chi connectivity index (χ3n) is 8.79. The molecule has 3 aliphatic carbocycles. The van der Waals surface area contributed by atoms with Gasteiger partial charge in [0.1, 0.15) is 17.5 Å². The Labute approximate surface area is 250 Å². The summed E-state index contributed by atoms with van der Waals surface area (Å²) >= 11 is 0. The second-order valence-electron chi connectivity index (χ2n) is 11.7. The number of imide groups is 1. The minimum absolute atomic E-state index is 0.0238. The number of carbonyl (C=O) groups excluding carboxylic acids is 4. The van der Waals surface area contributed by atoms with Crippen LogP contribution in [0.2, 0.25) is 0 Å². The average molecular weight is 583 g/mol. The molecule has 9 nitrogen and oxygen atoms in total. The number of nitrogens with one attached hydrogen (secondary N) is 1. The van der Waals surface area contributed by atoms with Crippen molar-refractivity contribution in [2.24, 2.45) is 17.8 Å². The van der Waals surface area contributed by atoms with Gasteiger partial charge in [-0.25, -0.2) is 4.79 Å². The lowest BCUT2D eigenvalue weighted by Gasteiger charge is -2.45. The first-order valence-electron chi connectivity index (χ1n) is 14.5. The molecular weight excluding hydrogens is 548 g/mol. The lowest BCUT2D eigenvalue weighted by molar-refractivity contribution is -0.160. The Morgan fingerprint density at radius 3 is 1.81 bits per heavy atom. The van der Waals surface area contributed by atoms with Crippen molar-refractivity contribution in [1.82, 2.24) is 4.90 Å². The molecule has 0 unspecified atom stereocenters. The molecule has 1 saturated heterocycles. The van der Waals surface area contributed by atoms with E-state index in [4.69, 9.17) is 14.2 Å². The summed E-state index contributed by atoms with van der Waals surface area (Å²) in [7, 11) is 2.99. The maximum atomic E-state index is 14.2. The molecule has 1 N–H and O–H groups in total. The van der Waals surface area contributed by atoms with Crippen LogP contribution in [-0.2, 0) is 23.9 Å². The zero-order chi connectivity index (χ0) is 30.4. The number of hydrogen-bond acceptors (Lipinski definition) is 7. The number of methoxy groups -OCH3 is 2. The summed E-state index contributed by atoms with van der Waals surface area (Å²) in [6.07, 6.45) is 0.221. The summed E-state index contributed by atoms with van der Waals surface area (Å²) in [5.74, 6) is -2.93. The van der Waals surface area contributed by atoms with Gasteiger partial charge in [-0.1, -0.05) is 62.4 Å². The summed E-state index contributed by atoms with van der Waals surface area (Å²) in [5, 5.41) is 2.67. The van der Waals surface area contributed by atoms with E-state index in [9.17, 15) is 19.2 Å². The molecule has 7 rings (SSSR count). The van der Waals surface area contributed by atoms with Crippen LogP contribution in [-0.4, -0.2) is 55.5 Å². The van der Waals surface area contributed by atoms with E-state index in [1.165, 1.54) is 14.2 Å². The maximum Gasteiger partial charge on any atom is 0.329 e. The van der Waals surface area contributed by atoms with Crippen LogP contribution in [0.3, 0.4) is 0 Å². The standard InChI is InChI=1S/C34H34N2O7/c1-18(2)15-25(34(40)43-17-27(37)35-24-14-13-19(41-3)16-26(24)42-4)36-32(38)30-28-20-9-5-6-10-21(20)29(31(30)33(36)39)23-12-8-7-11-22(23)28/h5-14,16,18,25,28-31H,15,17H2,1-4H3,(H,35,37)/t25-,28?,29?,30+,31+/m0/s1. The van der Waals surface area contributed by atoms with Gasteiger partial charge in [0.25, 0.3) is 5.91 Å². The number of rotatable bonds is 9. The molecule has 0 spiro atoms. The summed E-state index contributed by atoms with van der Waals surface area (Å²) in [6.45, 7) is 3.24. The SMILES string of the molecule is COc1ccc(NC(=O)COC(=O)[C@H](CC(C)C)N2C(=O)[C@@H]3C4c5ccccc5C(c5ccccc54)[C@H]3C2=O)c(OC)c1. The second kappa shape index (κ2) is 11.2. The van der Waals surface area contributed by atoms with Gasteiger partial charge in [0, 0.05) is 17.9 Å². The fourth-order valence-corrected chi connectivity index (χ4v) is 7.08. The largest absolute Gasteiger partial charge is 0.497 e. The number of benzene rings is 3. The summed E-state index contributed by atoms with van der Waals surface area (Å²) in [4.78, 5) is 55.8. The molecule has 2 bridgehead atoms. The second-order valence-corrected chi connectivity index (χ2v) is 11.7. The Kier molecular flexibility index (Phi) is 7.42. The Hall–Kier alpha value is -4.66. The highest BCUT2D eigenvalue weighted by Crippen LogP contribution is 2.61. The molecule has 1 fully saturated rings. The minimum atomic E-state index is -1.14. The van der Waals surface area contributed by atoms with Crippen LogP contribution < -0.4 is 14.8 Å². The highest BCUT2D eigenvalue weighted by atomic mass is 16.5. The Bertz CT molecular complexity index is 1500. The fourth-order valence-electron chi connectivity index (χ4n) is 7.08. The van der Waals surface area contributed by atoms with Gasteiger partial charge in [0.15, 0.2) is 6.61 Å². The minimum Gasteiger partial charge on any atom is -0.497 e. The van der Waals surface area contributed by atoms with E-state index in [0.29, 0.717) is 17.2 Å². The van der Waals surface area contributed by atoms with Crippen LogP contribution >= 0.6 is 0 Å². The quantitative estimate of drug-likeness (QED) is 0.292. The van der Waals surface area contributed by atoms with Crippen molar-refractivity contribution in [3.8, 4) is 11.5 Å². The third-order valence-corrected chi connectivity index (χ3v) is 8.79. The number of esters is 1. The molecular formula is C34H34N2O7. The van der Waals surface area contributed by atoms with Gasteiger partial charge < -0.3 is 19.5 Å². The van der Waals surface area contributed by atoms with E-state index >= 15 is 0 Å². The molecule has 0 saturated carbocycles. The summed E-state index contributed by atoms with van der Waals surface area (Å²) in [5.41, 5.74) is 4.62. The molecule has 4 aliphatic rings. The molecule has 3 aromatic carbocycles. The van der Waals surface area contributed by atoms with Gasteiger partial charge in [0.2, 0.25) is 11.8 Å². The van der Waals surface area contributed by atoms with Gasteiger partial charge in [-0.3, -0.25) is 19.3 Å². The first-order chi connectivity index (χ1) is 20.7. The molecule has 43 heavy (non-hydrogen) atoms. The number of likely N-dealkylation sites (tertiary alicyclic amines) is 1. The van der Waals surface area contributed by atoms with E-state index in [2.05, 4.69) is 5.32 Å². The highest BCUT2D eigenvalue weighted by Gasteiger charge is 2.63. The van der Waals surface area contributed by atoms with Crippen molar-refractivity contribution < 1.29 is 33.4 Å². The van der Waals surface area contributed by atoms with Crippen molar-refractivity contribution >= 4 is 29.4 Å². The third kappa shape index (κ3) is 4.73. The molecule has 0 aromatic heterocycles. The van der Waals surface area contributed by atoms with E-state index in [1.807, 2.05) is 62.4 Å². The van der Waals surface area contributed by atoms with Crippen LogP contribution in [0.1, 0.15) is 54.4 Å². The topological polar surface area (TPSA) is 111 Å². The van der Waals surface area contributed by atoms with Gasteiger partial charge in [-0.15, -0.1) is 0 Å². The number of amides is 3. The smallest absolute Gasteiger partial charge is 0.329 e. The van der Waals surface area contributed by atoms with Gasteiger partial charge in [-0.2, -0.15) is 0 Å². The Balaban J connectivity index is 1.24. The molecule has 0 radical (unpaired) electrons. The normalized spacial score (nSPS) is 22.0. The molecule has 222 valence electrons. The van der Waals surface area contributed by atoms with E-state index in [1.54, 1.807) is 18.2 Å². The van der Waals surface area contributed by atoms with Crippen LogP contribution in [0.25, 0.3) is 0 Å². The zero-order valence-corrected chi connectivity index (χ0v) is 24.5. The van der Waals surface area contributed by atoms with Crippen LogP contribution in [0.4, 0.5) is 5.69 Å². The predicted molar refractivity (Wildman–Crippen MR) is 158 cm³/mol. The van der Waals surface area contributed by atoms with Crippen LogP contribution in [0.15, 0.2) is 66.7 Å². The van der Waals surface area contributed by atoms with Crippen LogP contribution in [0.5, 0.6) is 11.5 Å². The monoisotopic (exact) mass is 582 g/mol. The van der Waals surface area contributed by atoms with Crippen molar-refractivity contribution in [3.63, 3.8) is 0 Å². The average Bonchev–Trinajstić information content (AvgIpc) is 3.28. The Morgan fingerprint density at radius 2 is 1.35 bits per heavy atom. The van der Waals surface area contributed by atoms with Crippen LogP contribution in [0, 0.1) is 17.8 Å². The molecule has 3 atom stereocenters. The predicted octanol–water partition coefficient (Wildman–Crippen LogP) is 4.49. The number of ether oxygens (including phenoxy) is 3. The zero-order valence-electron chi connectivity index (χ0n) is 24.5. The van der Waals surface area contributed by atoms with E-state index in [0.717, 1.165) is 27.2 Å². The summed E-state index contributed by atoms with van der Waals surface area (Å²) < 4.78 is 16.0. The van der Waals surface area contributed by atoms with Gasteiger partial charge in [-0.05, 0) is 46.7 Å². The molecule has 9 heteroatoms. The van der Waals surface area contributed by atoms with Crippen molar-refractivity contribution in [1.29, 1.82) is 0 Å². The molecule has 1 heterocycles. The molecule has 3 amide bonds. The number of hydrogen-bond donors (Lipinski definition) is 1. The molecule has 3 aromatic rings.